The normalized spacial score (nSPS) is 11.6. The summed E-state index contributed by atoms with van der Waals surface area (Å²) in [5.74, 6) is 3.99. The molecule has 4 nitrogen and oxygen atoms in total. The van der Waals surface area contributed by atoms with Crippen molar-refractivity contribution in [1.29, 1.82) is 0 Å². The highest BCUT2D eigenvalue weighted by Crippen LogP contribution is 2.20. The highest BCUT2D eigenvalue weighted by Gasteiger charge is 2.26. The van der Waals surface area contributed by atoms with Gasteiger partial charge in [0.15, 0.2) is 0 Å². The van der Waals surface area contributed by atoms with E-state index in [2.05, 4.69) is 11.8 Å². The van der Waals surface area contributed by atoms with Gasteiger partial charge in [0.05, 0.1) is 13.1 Å². The number of nitrogens with two attached hydrogens (primary N) is 1. The topological polar surface area (TPSA) is 63.4 Å². The zero-order chi connectivity index (χ0) is 15.3. The minimum absolute atomic E-state index is 0.0821. The fourth-order valence-corrected chi connectivity index (χ4v) is 2.59. The van der Waals surface area contributed by atoms with Gasteiger partial charge in [-0.3, -0.25) is 0 Å². The Bertz CT molecular complexity index is 636. The lowest BCUT2D eigenvalue weighted by atomic mass is 10.2. The van der Waals surface area contributed by atoms with Crippen LogP contribution in [0.3, 0.4) is 0 Å². The number of alkyl halides is 2. The van der Waals surface area contributed by atoms with Crippen molar-refractivity contribution in [1.82, 2.24) is 4.31 Å². The molecule has 0 spiro atoms. The zero-order valence-corrected chi connectivity index (χ0v) is 11.4. The molecule has 0 atom stereocenters. The Balaban J connectivity index is 3.14. The molecule has 0 aromatic heterocycles. The van der Waals surface area contributed by atoms with Crippen molar-refractivity contribution < 1.29 is 21.6 Å². The highest BCUT2D eigenvalue weighted by atomic mass is 32.2. The molecule has 0 radical (unpaired) electrons. The average Bonchev–Trinajstić information content (AvgIpc) is 2.35. The number of halogens is 3. The van der Waals surface area contributed by atoms with Gasteiger partial charge in [-0.2, -0.15) is 4.31 Å². The number of benzene rings is 1. The summed E-state index contributed by atoms with van der Waals surface area (Å²) in [5.41, 5.74) is 5.41. The lowest BCUT2D eigenvalue weighted by Crippen LogP contribution is -2.32. The Morgan fingerprint density at radius 3 is 2.55 bits per heavy atom. The van der Waals surface area contributed by atoms with Gasteiger partial charge in [0.25, 0.3) is 6.43 Å². The van der Waals surface area contributed by atoms with Crippen LogP contribution in [0.25, 0.3) is 0 Å². The monoisotopic (exact) mass is 306 g/mol. The van der Waals surface area contributed by atoms with Crippen molar-refractivity contribution in [2.45, 2.75) is 11.3 Å². The van der Waals surface area contributed by atoms with Gasteiger partial charge in [-0.15, -0.1) is 0 Å². The molecule has 0 aliphatic heterocycles. The molecule has 0 aliphatic carbocycles. The Morgan fingerprint density at radius 1 is 1.40 bits per heavy atom. The van der Waals surface area contributed by atoms with Gasteiger partial charge >= 0.3 is 0 Å². The summed E-state index contributed by atoms with van der Waals surface area (Å²) in [4.78, 5) is -0.668. The van der Waals surface area contributed by atoms with Gasteiger partial charge in [-0.1, -0.05) is 11.8 Å². The molecule has 0 unspecified atom stereocenters. The molecule has 0 amide bonds. The second-order valence-corrected chi connectivity index (χ2v) is 5.84. The SMILES string of the molecule is CN(CC(F)F)S(=O)(=O)c1ccc(C#CCN)cc1F. The van der Waals surface area contributed by atoms with Gasteiger partial charge < -0.3 is 5.73 Å². The van der Waals surface area contributed by atoms with E-state index in [4.69, 9.17) is 5.73 Å². The van der Waals surface area contributed by atoms with E-state index in [1.165, 1.54) is 6.07 Å². The fraction of sp³-hybridized carbons (Fsp3) is 0.333. The van der Waals surface area contributed by atoms with Gasteiger partial charge in [-0.25, -0.2) is 21.6 Å². The maximum Gasteiger partial charge on any atom is 0.252 e. The third-order valence-corrected chi connectivity index (χ3v) is 4.21. The maximum atomic E-state index is 13.8. The summed E-state index contributed by atoms with van der Waals surface area (Å²) in [5, 5.41) is 0. The first-order chi connectivity index (χ1) is 9.28. The number of hydrogen-bond acceptors (Lipinski definition) is 3. The van der Waals surface area contributed by atoms with Crippen molar-refractivity contribution in [3.8, 4) is 11.8 Å². The summed E-state index contributed by atoms with van der Waals surface area (Å²) in [7, 11) is -3.34. The zero-order valence-electron chi connectivity index (χ0n) is 10.6. The van der Waals surface area contributed by atoms with Crippen molar-refractivity contribution in [2.24, 2.45) is 5.73 Å². The van der Waals surface area contributed by atoms with Crippen molar-refractivity contribution >= 4 is 10.0 Å². The lowest BCUT2D eigenvalue weighted by molar-refractivity contribution is 0.126. The van der Waals surface area contributed by atoms with Crippen LogP contribution in [-0.2, 0) is 10.0 Å². The van der Waals surface area contributed by atoms with Gasteiger partial charge in [0.2, 0.25) is 10.0 Å². The summed E-state index contributed by atoms with van der Waals surface area (Å²) < 4.78 is 62.4. The second-order valence-electron chi connectivity index (χ2n) is 3.83. The Morgan fingerprint density at radius 2 is 2.05 bits per heavy atom. The Hall–Kier alpha value is -1.56. The van der Waals surface area contributed by atoms with Gasteiger partial charge in [0, 0.05) is 12.6 Å². The molecular formula is C12H13F3N2O2S. The molecule has 2 N–H and O–H groups in total. The van der Waals surface area contributed by atoms with E-state index >= 15 is 0 Å². The summed E-state index contributed by atoms with van der Waals surface area (Å²) in [6.45, 7) is -0.921. The third kappa shape index (κ3) is 3.96. The van der Waals surface area contributed by atoms with E-state index < -0.39 is 33.7 Å². The summed E-state index contributed by atoms with van der Waals surface area (Å²) in [6.07, 6.45) is -2.84. The van der Waals surface area contributed by atoms with Crippen LogP contribution in [-0.4, -0.2) is 39.3 Å². The molecule has 1 aromatic carbocycles. The minimum Gasteiger partial charge on any atom is -0.320 e. The molecule has 0 heterocycles. The van der Waals surface area contributed by atoms with Crippen LogP contribution in [0.1, 0.15) is 5.56 Å². The highest BCUT2D eigenvalue weighted by molar-refractivity contribution is 7.89. The van der Waals surface area contributed by atoms with Crippen molar-refractivity contribution in [3.63, 3.8) is 0 Å². The summed E-state index contributed by atoms with van der Waals surface area (Å²) in [6, 6.07) is 3.20. The van der Waals surface area contributed by atoms with Crippen molar-refractivity contribution in [3.05, 3.63) is 29.6 Å². The van der Waals surface area contributed by atoms with E-state index in [0.29, 0.717) is 4.31 Å². The van der Waals surface area contributed by atoms with Crippen LogP contribution >= 0.6 is 0 Å². The van der Waals surface area contributed by atoms with E-state index in [0.717, 1.165) is 19.2 Å². The van der Waals surface area contributed by atoms with Crippen LogP contribution in [0.5, 0.6) is 0 Å². The van der Waals surface area contributed by atoms with Crippen LogP contribution < -0.4 is 5.73 Å². The lowest BCUT2D eigenvalue weighted by Gasteiger charge is -2.17. The molecule has 20 heavy (non-hydrogen) atoms. The van der Waals surface area contributed by atoms with E-state index in [1.54, 1.807) is 0 Å². The quantitative estimate of drug-likeness (QED) is 0.845. The molecular weight excluding hydrogens is 293 g/mol. The van der Waals surface area contributed by atoms with Crippen LogP contribution in [0.15, 0.2) is 23.1 Å². The smallest absolute Gasteiger partial charge is 0.252 e. The van der Waals surface area contributed by atoms with E-state index in [1.807, 2.05) is 0 Å². The first kappa shape index (κ1) is 16.5. The first-order valence-electron chi connectivity index (χ1n) is 5.52. The maximum absolute atomic E-state index is 13.8. The van der Waals surface area contributed by atoms with E-state index in [9.17, 15) is 21.6 Å². The van der Waals surface area contributed by atoms with Crippen LogP contribution in [0.2, 0.25) is 0 Å². The standard InChI is InChI=1S/C12H13F3N2O2S/c1-17(8-12(14)15)20(18,19)11-5-4-9(3-2-6-16)7-10(11)13/h4-5,7,12H,6,8,16H2,1H3. The van der Waals surface area contributed by atoms with Crippen molar-refractivity contribution in [2.75, 3.05) is 20.1 Å². The average molecular weight is 306 g/mol. The largest absolute Gasteiger partial charge is 0.320 e. The molecule has 0 saturated carbocycles. The van der Waals surface area contributed by atoms with Gasteiger partial charge in [0.1, 0.15) is 10.7 Å². The number of hydrogen-bond donors (Lipinski definition) is 1. The number of rotatable bonds is 4. The van der Waals surface area contributed by atoms with Gasteiger partial charge in [-0.05, 0) is 18.2 Å². The Labute approximate surface area is 115 Å². The predicted octanol–water partition coefficient (Wildman–Crippen LogP) is 1.02. The number of nitrogens with zero attached hydrogens (tertiary/aromatic N) is 1. The molecule has 8 heteroatoms. The molecule has 0 bridgehead atoms. The minimum atomic E-state index is -4.30. The molecule has 0 aliphatic rings. The molecule has 1 rings (SSSR count). The fourth-order valence-electron chi connectivity index (χ4n) is 1.40. The predicted molar refractivity (Wildman–Crippen MR) is 68.2 cm³/mol. The molecule has 0 saturated heterocycles. The van der Waals surface area contributed by atoms with Crippen LogP contribution in [0.4, 0.5) is 13.2 Å². The number of sulfonamides is 1. The second kappa shape index (κ2) is 6.74. The molecule has 0 fully saturated rings. The first-order valence-corrected chi connectivity index (χ1v) is 6.96. The van der Waals surface area contributed by atoms with E-state index in [-0.39, 0.29) is 12.1 Å². The molecule has 1 aromatic rings. The third-order valence-electron chi connectivity index (χ3n) is 2.35. The molecule has 110 valence electrons. The Kier molecular flexibility index (Phi) is 5.56. The summed E-state index contributed by atoms with van der Waals surface area (Å²) >= 11 is 0. The van der Waals surface area contributed by atoms with Crippen LogP contribution in [0, 0.1) is 17.7 Å².